The molecule has 0 saturated carbocycles. The van der Waals surface area contributed by atoms with Gasteiger partial charge in [-0.15, -0.1) is 0 Å². The number of aryl methyl sites for hydroxylation is 1. The number of pyridine rings is 1. The molecule has 0 atom stereocenters. The van der Waals surface area contributed by atoms with Gasteiger partial charge in [0, 0.05) is 11.4 Å². The number of nitrogens with zero attached hydrogens (tertiary/aromatic N) is 1. The first-order valence-electron chi connectivity index (χ1n) is 5.47. The molecular formula is C13H11ClFN3S. The molecule has 0 aliphatic rings. The number of anilines is 2. The molecule has 0 saturated heterocycles. The zero-order valence-corrected chi connectivity index (χ0v) is 11.6. The Morgan fingerprint density at radius 1 is 1.37 bits per heavy atom. The lowest BCUT2D eigenvalue weighted by Gasteiger charge is -2.11. The monoisotopic (exact) mass is 295 g/mol. The zero-order valence-electron chi connectivity index (χ0n) is 10.1. The molecule has 3 nitrogen and oxygen atoms in total. The molecule has 6 heteroatoms. The summed E-state index contributed by atoms with van der Waals surface area (Å²) >= 11 is 10.7. The Morgan fingerprint density at radius 2 is 2.11 bits per heavy atom. The van der Waals surface area contributed by atoms with Crippen LogP contribution in [-0.2, 0) is 0 Å². The van der Waals surface area contributed by atoms with Crippen molar-refractivity contribution in [1.82, 2.24) is 4.98 Å². The molecule has 0 bridgehead atoms. The van der Waals surface area contributed by atoms with Crippen molar-refractivity contribution in [3.05, 3.63) is 52.4 Å². The van der Waals surface area contributed by atoms with Crippen LogP contribution in [0.25, 0.3) is 0 Å². The summed E-state index contributed by atoms with van der Waals surface area (Å²) in [5, 5.41) is 3.07. The van der Waals surface area contributed by atoms with Crippen molar-refractivity contribution < 1.29 is 4.39 Å². The number of aromatic nitrogens is 1. The number of benzene rings is 1. The summed E-state index contributed by atoms with van der Waals surface area (Å²) in [6, 6.07) is 7.93. The van der Waals surface area contributed by atoms with Crippen molar-refractivity contribution in [3.63, 3.8) is 0 Å². The summed E-state index contributed by atoms with van der Waals surface area (Å²) in [6.07, 6.45) is 0. The molecule has 2 rings (SSSR count). The van der Waals surface area contributed by atoms with Crippen LogP contribution >= 0.6 is 23.8 Å². The Labute approximate surface area is 120 Å². The lowest BCUT2D eigenvalue weighted by Crippen LogP contribution is -2.13. The van der Waals surface area contributed by atoms with E-state index in [-0.39, 0.29) is 10.0 Å². The highest BCUT2D eigenvalue weighted by Gasteiger charge is 2.08. The van der Waals surface area contributed by atoms with Gasteiger partial charge in [0.05, 0.1) is 10.6 Å². The second-order valence-electron chi connectivity index (χ2n) is 3.97. The van der Waals surface area contributed by atoms with E-state index in [1.54, 1.807) is 12.1 Å². The lowest BCUT2D eigenvalue weighted by molar-refractivity contribution is 0.628. The predicted octanol–water partition coefficient (Wildman–Crippen LogP) is 3.56. The van der Waals surface area contributed by atoms with Crippen molar-refractivity contribution in [2.75, 3.05) is 5.32 Å². The molecular weight excluding hydrogens is 285 g/mol. The Hall–Kier alpha value is -1.72. The van der Waals surface area contributed by atoms with E-state index in [2.05, 4.69) is 10.3 Å². The Balaban J connectivity index is 2.39. The molecule has 1 aromatic heterocycles. The summed E-state index contributed by atoms with van der Waals surface area (Å²) < 4.78 is 13.1. The minimum absolute atomic E-state index is 0.0366. The zero-order chi connectivity index (χ0) is 14.0. The van der Waals surface area contributed by atoms with Crippen LogP contribution in [0, 0.1) is 12.7 Å². The molecule has 1 heterocycles. The lowest BCUT2D eigenvalue weighted by atomic mass is 10.2. The molecule has 0 fully saturated rings. The van der Waals surface area contributed by atoms with Crippen LogP contribution in [0.4, 0.5) is 15.9 Å². The van der Waals surface area contributed by atoms with Crippen LogP contribution in [0.15, 0.2) is 30.3 Å². The number of hydrogen-bond acceptors (Lipinski definition) is 3. The maximum atomic E-state index is 13.1. The fourth-order valence-electron chi connectivity index (χ4n) is 1.56. The Kier molecular flexibility index (Phi) is 3.97. The Bertz CT molecular complexity index is 646. The highest BCUT2D eigenvalue weighted by molar-refractivity contribution is 7.80. The third-order valence-corrected chi connectivity index (χ3v) is 2.99. The van der Waals surface area contributed by atoms with Gasteiger partial charge in [0.2, 0.25) is 0 Å². The van der Waals surface area contributed by atoms with Crippen LogP contribution in [0.5, 0.6) is 0 Å². The predicted molar refractivity (Wildman–Crippen MR) is 79.6 cm³/mol. The molecule has 0 radical (unpaired) electrons. The number of hydrogen-bond donors (Lipinski definition) is 2. The van der Waals surface area contributed by atoms with Gasteiger partial charge in [-0.3, -0.25) is 0 Å². The first-order valence-corrected chi connectivity index (χ1v) is 6.25. The van der Waals surface area contributed by atoms with Gasteiger partial charge in [-0.05, 0) is 37.3 Å². The summed E-state index contributed by atoms with van der Waals surface area (Å²) in [5.41, 5.74) is 7.69. The molecule has 2 aromatic rings. The van der Waals surface area contributed by atoms with Gasteiger partial charge in [0.1, 0.15) is 16.6 Å². The average Bonchev–Trinajstić information content (AvgIpc) is 2.33. The molecule has 3 N–H and O–H groups in total. The fraction of sp³-hybridized carbons (Fsp3) is 0.0769. The second-order valence-corrected chi connectivity index (χ2v) is 4.81. The van der Waals surface area contributed by atoms with Crippen molar-refractivity contribution in [2.45, 2.75) is 6.92 Å². The second kappa shape index (κ2) is 5.50. The van der Waals surface area contributed by atoms with Crippen LogP contribution in [-0.4, -0.2) is 9.97 Å². The molecule has 98 valence electrons. The number of rotatable bonds is 3. The van der Waals surface area contributed by atoms with Crippen LogP contribution in [0.2, 0.25) is 5.02 Å². The van der Waals surface area contributed by atoms with Gasteiger partial charge < -0.3 is 11.1 Å². The fourth-order valence-corrected chi connectivity index (χ4v) is 1.91. The Morgan fingerprint density at radius 3 is 2.74 bits per heavy atom. The van der Waals surface area contributed by atoms with Gasteiger partial charge in [-0.1, -0.05) is 23.8 Å². The van der Waals surface area contributed by atoms with Gasteiger partial charge in [0.15, 0.2) is 0 Å². The first kappa shape index (κ1) is 13.7. The minimum atomic E-state index is -0.473. The molecule has 0 amide bonds. The topological polar surface area (TPSA) is 50.9 Å². The van der Waals surface area contributed by atoms with Crippen molar-refractivity contribution >= 4 is 40.3 Å². The number of nitrogens with one attached hydrogen (secondary N) is 1. The standard InChI is InChI=1S/C13H11ClFN3S/c1-7-2-4-9(12(16)19)13(17-7)18-8-3-5-11(15)10(14)6-8/h2-6H,1H3,(H2,16,19)(H,17,18). The summed E-state index contributed by atoms with van der Waals surface area (Å²) in [7, 11) is 0. The van der Waals surface area contributed by atoms with Gasteiger partial charge in [-0.25, -0.2) is 9.37 Å². The molecule has 0 unspecified atom stereocenters. The minimum Gasteiger partial charge on any atom is -0.389 e. The number of nitrogens with two attached hydrogens (primary N) is 1. The van der Waals surface area contributed by atoms with Gasteiger partial charge >= 0.3 is 0 Å². The summed E-state index contributed by atoms with van der Waals surface area (Å²) in [5.74, 6) is 0.0502. The highest BCUT2D eigenvalue weighted by Crippen LogP contribution is 2.24. The van der Waals surface area contributed by atoms with Crippen molar-refractivity contribution in [1.29, 1.82) is 0 Å². The van der Waals surface area contributed by atoms with E-state index < -0.39 is 5.82 Å². The smallest absolute Gasteiger partial charge is 0.141 e. The van der Waals surface area contributed by atoms with Crippen LogP contribution in [0.1, 0.15) is 11.3 Å². The molecule has 0 aliphatic heterocycles. The maximum Gasteiger partial charge on any atom is 0.141 e. The van der Waals surface area contributed by atoms with E-state index in [9.17, 15) is 4.39 Å². The SMILES string of the molecule is Cc1ccc(C(N)=S)c(Nc2ccc(F)c(Cl)c2)n1. The van der Waals surface area contributed by atoms with E-state index in [1.165, 1.54) is 12.1 Å². The third-order valence-electron chi connectivity index (χ3n) is 2.48. The molecule has 1 aromatic carbocycles. The van der Waals surface area contributed by atoms with Crippen molar-refractivity contribution in [3.8, 4) is 0 Å². The van der Waals surface area contributed by atoms with Crippen LogP contribution < -0.4 is 11.1 Å². The molecule has 0 spiro atoms. The van der Waals surface area contributed by atoms with E-state index in [0.29, 0.717) is 17.1 Å². The van der Waals surface area contributed by atoms with Gasteiger partial charge in [-0.2, -0.15) is 0 Å². The van der Waals surface area contributed by atoms with Crippen LogP contribution in [0.3, 0.4) is 0 Å². The maximum absolute atomic E-state index is 13.1. The summed E-state index contributed by atoms with van der Waals surface area (Å²) in [4.78, 5) is 4.57. The van der Waals surface area contributed by atoms with Gasteiger partial charge in [0.25, 0.3) is 0 Å². The molecule has 0 aliphatic carbocycles. The van der Waals surface area contributed by atoms with Crippen molar-refractivity contribution in [2.24, 2.45) is 5.73 Å². The van der Waals surface area contributed by atoms with E-state index >= 15 is 0 Å². The average molecular weight is 296 g/mol. The van der Waals surface area contributed by atoms with E-state index in [4.69, 9.17) is 29.6 Å². The third kappa shape index (κ3) is 3.19. The highest BCUT2D eigenvalue weighted by atomic mass is 35.5. The number of thiocarbonyl (C=S) groups is 1. The largest absolute Gasteiger partial charge is 0.389 e. The first-order chi connectivity index (χ1) is 8.97. The van der Waals surface area contributed by atoms with E-state index in [0.717, 1.165) is 5.69 Å². The number of halogens is 2. The summed E-state index contributed by atoms with van der Waals surface area (Å²) in [6.45, 7) is 1.85. The molecule has 19 heavy (non-hydrogen) atoms. The van der Waals surface area contributed by atoms with E-state index in [1.807, 2.05) is 13.0 Å². The quantitative estimate of drug-likeness (QED) is 0.850. The normalized spacial score (nSPS) is 10.3.